The number of hydrogen-bond donors (Lipinski definition) is 2. The van der Waals surface area contributed by atoms with Gasteiger partial charge in [0.05, 0.1) is 17.7 Å². The van der Waals surface area contributed by atoms with Crippen LogP contribution in [-0.2, 0) is 0 Å². The molecule has 0 aliphatic carbocycles. The Balaban J connectivity index is 3.05. The normalized spacial score (nSPS) is 11.5. The van der Waals surface area contributed by atoms with Crippen molar-refractivity contribution in [3.8, 4) is 6.07 Å². The van der Waals surface area contributed by atoms with Gasteiger partial charge >= 0.3 is 6.09 Å². The van der Waals surface area contributed by atoms with Crippen LogP contribution in [0.3, 0.4) is 0 Å². The number of carboxylic acid groups (broad SMARTS) is 1. The van der Waals surface area contributed by atoms with E-state index in [-0.39, 0.29) is 6.04 Å². The summed E-state index contributed by atoms with van der Waals surface area (Å²) in [7, 11) is 0. The number of amides is 1. The fourth-order valence-electron chi connectivity index (χ4n) is 1.51. The number of hydrogen-bond acceptors (Lipinski definition) is 2. The highest BCUT2D eigenvalue weighted by molar-refractivity contribution is 5.65. The predicted molar refractivity (Wildman–Crippen MR) is 55.5 cm³/mol. The first-order valence-corrected chi connectivity index (χ1v) is 4.55. The zero-order valence-electron chi connectivity index (χ0n) is 8.61. The van der Waals surface area contributed by atoms with Crippen molar-refractivity contribution in [1.29, 1.82) is 5.26 Å². The Hall–Kier alpha value is -2.02. The van der Waals surface area contributed by atoms with Crippen molar-refractivity contribution in [2.75, 3.05) is 0 Å². The van der Waals surface area contributed by atoms with Crippen LogP contribution in [-0.4, -0.2) is 11.2 Å². The highest BCUT2D eigenvalue weighted by atomic mass is 16.4. The minimum absolute atomic E-state index is 0.309. The average Bonchev–Trinajstić information content (AvgIpc) is 2.17. The fourth-order valence-corrected chi connectivity index (χ4v) is 1.51. The predicted octanol–water partition coefficient (Wildman–Crippen LogP) is 2.20. The van der Waals surface area contributed by atoms with Crippen molar-refractivity contribution < 1.29 is 9.90 Å². The molecule has 0 aromatic heterocycles. The Kier molecular flexibility index (Phi) is 3.29. The molecule has 1 aromatic rings. The first-order valence-electron chi connectivity index (χ1n) is 4.55. The number of benzene rings is 1. The molecule has 0 radical (unpaired) electrons. The lowest BCUT2D eigenvalue weighted by atomic mass is 9.98. The zero-order chi connectivity index (χ0) is 11.4. The van der Waals surface area contributed by atoms with Crippen molar-refractivity contribution in [3.63, 3.8) is 0 Å². The lowest BCUT2D eigenvalue weighted by molar-refractivity contribution is 0.191. The van der Waals surface area contributed by atoms with Gasteiger partial charge in [-0.05, 0) is 31.0 Å². The largest absolute Gasteiger partial charge is 0.465 e. The molecule has 1 amide bonds. The van der Waals surface area contributed by atoms with Crippen LogP contribution in [0.4, 0.5) is 4.79 Å². The monoisotopic (exact) mass is 204 g/mol. The van der Waals surface area contributed by atoms with Gasteiger partial charge in [0.25, 0.3) is 0 Å². The number of nitrogens with zero attached hydrogens (tertiary/aromatic N) is 1. The minimum atomic E-state index is -1.07. The van der Waals surface area contributed by atoms with Gasteiger partial charge in [0.1, 0.15) is 0 Å². The lowest BCUT2D eigenvalue weighted by Gasteiger charge is -2.14. The molecule has 0 bridgehead atoms. The molecule has 1 aromatic carbocycles. The summed E-state index contributed by atoms with van der Waals surface area (Å²) >= 11 is 0. The van der Waals surface area contributed by atoms with Gasteiger partial charge in [0.15, 0.2) is 0 Å². The molecule has 15 heavy (non-hydrogen) atoms. The van der Waals surface area contributed by atoms with Gasteiger partial charge in [-0.1, -0.05) is 12.1 Å². The topological polar surface area (TPSA) is 73.1 Å². The number of carbonyl (C=O) groups is 1. The molecular weight excluding hydrogens is 192 g/mol. The van der Waals surface area contributed by atoms with Crippen LogP contribution in [0.2, 0.25) is 0 Å². The van der Waals surface area contributed by atoms with Gasteiger partial charge in [0, 0.05) is 0 Å². The average molecular weight is 204 g/mol. The maximum atomic E-state index is 10.5. The van der Waals surface area contributed by atoms with Gasteiger partial charge in [-0.15, -0.1) is 0 Å². The maximum Gasteiger partial charge on any atom is 0.405 e. The summed E-state index contributed by atoms with van der Waals surface area (Å²) in [6.45, 7) is 3.56. The number of nitriles is 1. The van der Waals surface area contributed by atoms with Crippen LogP contribution in [0.15, 0.2) is 18.2 Å². The van der Waals surface area contributed by atoms with Gasteiger partial charge in [-0.3, -0.25) is 0 Å². The molecule has 0 saturated carbocycles. The molecule has 4 heteroatoms. The van der Waals surface area contributed by atoms with Crippen molar-refractivity contribution in [2.24, 2.45) is 0 Å². The van der Waals surface area contributed by atoms with Gasteiger partial charge in [0.2, 0.25) is 0 Å². The van der Waals surface area contributed by atoms with Crippen molar-refractivity contribution in [2.45, 2.75) is 19.9 Å². The zero-order valence-corrected chi connectivity index (χ0v) is 8.61. The maximum absolute atomic E-state index is 10.5. The molecule has 0 spiro atoms. The Bertz CT molecular complexity index is 421. The third-order valence-corrected chi connectivity index (χ3v) is 2.30. The SMILES string of the molecule is Cc1c(C#N)cccc1[C@@H](C)NC(=O)O. The van der Waals surface area contributed by atoms with E-state index in [2.05, 4.69) is 11.4 Å². The van der Waals surface area contributed by atoms with Gasteiger partial charge in [-0.2, -0.15) is 5.26 Å². The Labute approximate surface area is 88.2 Å². The third kappa shape index (κ3) is 2.47. The first-order chi connectivity index (χ1) is 7.06. The Morgan fingerprint density at radius 2 is 2.27 bits per heavy atom. The Morgan fingerprint density at radius 1 is 1.60 bits per heavy atom. The smallest absolute Gasteiger partial charge is 0.405 e. The van der Waals surface area contributed by atoms with E-state index >= 15 is 0 Å². The second-order valence-corrected chi connectivity index (χ2v) is 3.30. The van der Waals surface area contributed by atoms with E-state index in [9.17, 15) is 4.79 Å². The molecule has 0 fully saturated rings. The molecule has 1 atom stereocenters. The van der Waals surface area contributed by atoms with E-state index in [1.807, 2.05) is 13.0 Å². The van der Waals surface area contributed by atoms with Crippen LogP contribution in [0.5, 0.6) is 0 Å². The van der Waals surface area contributed by atoms with E-state index in [1.165, 1.54) is 0 Å². The quantitative estimate of drug-likeness (QED) is 0.775. The summed E-state index contributed by atoms with van der Waals surface area (Å²) in [5.74, 6) is 0. The molecular formula is C11H12N2O2. The first kappa shape index (κ1) is 11.1. The van der Waals surface area contributed by atoms with E-state index in [4.69, 9.17) is 10.4 Å². The highest BCUT2D eigenvalue weighted by Crippen LogP contribution is 2.19. The molecule has 4 nitrogen and oxygen atoms in total. The molecule has 0 saturated heterocycles. The van der Waals surface area contributed by atoms with Gasteiger partial charge < -0.3 is 10.4 Å². The molecule has 0 unspecified atom stereocenters. The molecule has 78 valence electrons. The van der Waals surface area contributed by atoms with Crippen LogP contribution in [0, 0.1) is 18.3 Å². The summed E-state index contributed by atoms with van der Waals surface area (Å²) in [4.78, 5) is 10.5. The second-order valence-electron chi connectivity index (χ2n) is 3.30. The van der Waals surface area contributed by atoms with E-state index in [1.54, 1.807) is 19.1 Å². The number of nitrogens with one attached hydrogen (secondary N) is 1. The van der Waals surface area contributed by atoms with Crippen LogP contribution >= 0.6 is 0 Å². The molecule has 2 N–H and O–H groups in total. The van der Waals surface area contributed by atoms with E-state index in [0.29, 0.717) is 5.56 Å². The Morgan fingerprint density at radius 3 is 2.80 bits per heavy atom. The van der Waals surface area contributed by atoms with Crippen molar-refractivity contribution in [1.82, 2.24) is 5.32 Å². The van der Waals surface area contributed by atoms with Crippen molar-refractivity contribution in [3.05, 3.63) is 34.9 Å². The fraction of sp³-hybridized carbons (Fsp3) is 0.273. The summed E-state index contributed by atoms with van der Waals surface area (Å²) in [5.41, 5.74) is 2.23. The number of rotatable bonds is 2. The summed E-state index contributed by atoms with van der Waals surface area (Å²) in [6.07, 6.45) is -1.07. The van der Waals surface area contributed by atoms with Gasteiger partial charge in [-0.25, -0.2) is 4.79 Å². The van der Waals surface area contributed by atoms with E-state index < -0.39 is 6.09 Å². The van der Waals surface area contributed by atoms with Crippen molar-refractivity contribution >= 4 is 6.09 Å². The highest BCUT2D eigenvalue weighted by Gasteiger charge is 2.12. The third-order valence-electron chi connectivity index (χ3n) is 2.30. The van der Waals surface area contributed by atoms with E-state index in [0.717, 1.165) is 11.1 Å². The van der Waals surface area contributed by atoms with Crippen LogP contribution in [0.25, 0.3) is 0 Å². The molecule has 0 aliphatic heterocycles. The summed E-state index contributed by atoms with van der Waals surface area (Å²) < 4.78 is 0. The second kappa shape index (κ2) is 4.47. The minimum Gasteiger partial charge on any atom is -0.465 e. The van der Waals surface area contributed by atoms with Crippen LogP contribution < -0.4 is 5.32 Å². The molecule has 0 aliphatic rings. The van der Waals surface area contributed by atoms with Crippen LogP contribution in [0.1, 0.15) is 29.7 Å². The summed E-state index contributed by atoms with van der Waals surface area (Å²) in [6, 6.07) is 7.04. The molecule has 0 heterocycles. The summed E-state index contributed by atoms with van der Waals surface area (Å²) in [5, 5.41) is 19.8. The lowest BCUT2D eigenvalue weighted by Crippen LogP contribution is -2.25. The molecule has 1 rings (SSSR count). The standard InChI is InChI=1S/C11H12N2O2/c1-7-9(6-12)4-3-5-10(7)8(2)13-11(14)15/h3-5,8,13H,1-2H3,(H,14,15)/t8-/m1/s1.